The number of hydrogen-bond acceptors (Lipinski definition) is 2. The van der Waals surface area contributed by atoms with Crippen LogP contribution in [0.25, 0.3) is 0 Å². The van der Waals surface area contributed by atoms with Gasteiger partial charge in [0.2, 0.25) is 0 Å². The molecule has 32 heavy (non-hydrogen) atoms. The lowest BCUT2D eigenvalue weighted by Crippen LogP contribution is -2.59. The quantitative estimate of drug-likeness (QED) is 0.393. The van der Waals surface area contributed by atoms with E-state index < -0.39 is 5.60 Å². The normalized spacial score (nSPS) is 40.9. The Bertz CT molecular complexity index is 725. The number of allylic oxidation sites excluding steroid dienone is 4. The Labute approximate surface area is 199 Å². The molecule has 0 aliphatic heterocycles. The van der Waals surface area contributed by atoms with Crippen LogP contribution in [-0.4, -0.2) is 21.9 Å². The maximum atomic E-state index is 11.7. The highest BCUT2D eigenvalue weighted by Gasteiger charge is 2.65. The molecular formula is C30H52O2. The zero-order valence-corrected chi connectivity index (χ0v) is 22.4. The fraction of sp³-hybridized carbons (Fsp3) is 0.867. The lowest BCUT2D eigenvalue weighted by atomic mass is 9.42. The van der Waals surface area contributed by atoms with Crippen LogP contribution in [0, 0.1) is 34.0 Å². The first kappa shape index (κ1) is 26.0. The van der Waals surface area contributed by atoms with Crippen molar-refractivity contribution in [3.63, 3.8) is 0 Å². The van der Waals surface area contributed by atoms with Crippen LogP contribution >= 0.6 is 0 Å². The SMILES string of the molecule is CC(C)=CCC/C(C)=C/CC[C@](C)(O)[C@@H]1CC[C@H]2[C@@]1(C)CC[C@H]1C(C)(C)[C@@H](O)CC[C@]21C. The fourth-order valence-electron chi connectivity index (χ4n) is 8.81. The summed E-state index contributed by atoms with van der Waals surface area (Å²) in [5, 5.41) is 22.5. The van der Waals surface area contributed by atoms with Gasteiger partial charge in [-0.05, 0) is 126 Å². The van der Waals surface area contributed by atoms with E-state index in [0.717, 1.165) is 44.9 Å². The third-order valence-corrected chi connectivity index (χ3v) is 10.6. The number of fused-ring (bicyclic) bond motifs is 3. The van der Waals surface area contributed by atoms with Gasteiger partial charge in [0.1, 0.15) is 0 Å². The Morgan fingerprint density at radius 1 is 0.875 bits per heavy atom. The van der Waals surface area contributed by atoms with Crippen molar-refractivity contribution in [3.8, 4) is 0 Å². The highest BCUT2D eigenvalue weighted by atomic mass is 16.3. The summed E-state index contributed by atoms with van der Waals surface area (Å²) in [5.41, 5.74) is 2.75. The molecule has 0 heterocycles. The molecule has 3 aliphatic rings. The van der Waals surface area contributed by atoms with E-state index in [0.29, 0.717) is 23.2 Å². The molecule has 0 unspecified atom stereocenters. The minimum atomic E-state index is -0.604. The second kappa shape index (κ2) is 9.21. The summed E-state index contributed by atoms with van der Waals surface area (Å²) in [5.74, 6) is 1.64. The molecule has 0 aromatic heterocycles. The second-order valence-corrected chi connectivity index (χ2v) is 13.4. The summed E-state index contributed by atoms with van der Waals surface area (Å²) in [6.45, 7) is 18.3. The van der Waals surface area contributed by atoms with Crippen LogP contribution in [-0.2, 0) is 0 Å². The maximum absolute atomic E-state index is 11.7. The standard InChI is InChI=1S/C30H52O2/c1-21(2)11-9-12-22(3)13-10-18-30(8,32)25-15-14-24-28(6)20-17-26(31)27(4,5)23(28)16-19-29(24,25)7/h11,13,23-26,31-32H,9-10,12,14-20H2,1-8H3/b22-13+/t23-,24+,25+,26-,28-,29+,30-/m0/s1. The largest absolute Gasteiger partial charge is 0.393 e. The predicted octanol–water partition coefficient (Wildman–Crippen LogP) is 7.84. The van der Waals surface area contributed by atoms with Gasteiger partial charge in [0.05, 0.1) is 11.7 Å². The van der Waals surface area contributed by atoms with E-state index in [4.69, 9.17) is 0 Å². The molecule has 3 saturated carbocycles. The smallest absolute Gasteiger partial charge is 0.0656 e. The van der Waals surface area contributed by atoms with Crippen molar-refractivity contribution >= 4 is 0 Å². The topological polar surface area (TPSA) is 40.5 Å². The Morgan fingerprint density at radius 2 is 1.53 bits per heavy atom. The average molecular weight is 445 g/mol. The van der Waals surface area contributed by atoms with E-state index in [9.17, 15) is 10.2 Å². The van der Waals surface area contributed by atoms with Gasteiger partial charge in [0.15, 0.2) is 0 Å². The molecule has 0 aromatic carbocycles. The van der Waals surface area contributed by atoms with Gasteiger partial charge in [-0.3, -0.25) is 0 Å². The van der Waals surface area contributed by atoms with Crippen molar-refractivity contribution in [3.05, 3.63) is 23.3 Å². The third-order valence-electron chi connectivity index (χ3n) is 10.6. The Morgan fingerprint density at radius 3 is 2.19 bits per heavy atom. The van der Waals surface area contributed by atoms with Crippen LogP contribution < -0.4 is 0 Å². The van der Waals surface area contributed by atoms with Gasteiger partial charge < -0.3 is 10.2 Å². The molecule has 2 N–H and O–H groups in total. The summed E-state index contributed by atoms with van der Waals surface area (Å²) in [6.07, 6.45) is 15.5. The molecule has 0 saturated heterocycles. The van der Waals surface area contributed by atoms with Gasteiger partial charge in [0.25, 0.3) is 0 Å². The van der Waals surface area contributed by atoms with Crippen LogP contribution in [0.2, 0.25) is 0 Å². The summed E-state index contributed by atoms with van der Waals surface area (Å²) in [6, 6.07) is 0. The molecule has 0 amide bonds. The maximum Gasteiger partial charge on any atom is 0.0656 e. The van der Waals surface area contributed by atoms with Crippen LogP contribution in [0.1, 0.15) is 120 Å². The highest BCUT2D eigenvalue weighted by molar-refractivity contribution is 5.15. The molecule has 2 heteroatoms. The molecule has 3 rings (SSSR count). The van der Waals surface area contributed by atoms with Gasteiger partial charge in [-0.1, -0.05) is 51.0 Å². The monoisotopic (exact) mass is 444 g/mol. The molecule has 0 radical (unpaired) electrons. The first-order valence-electron chi connectivity index (χ1n) is 13.4. The third kappa shape index (κ3) is 4.65. The lowest BCUT2D eigenvalue weighted by Gasteiger charge is -2.63. The van der Waals surface area contributed by atoms with Crippen molar-refractivity contribution < 1.29 is 10.2 Å². The van der Waals surface area contributed by atoms with Gasteiger partial charge in [-0.2, -0.15) is 0 Å². The van der Waals surface area contributed by atoms with Crippen LogP contribution in [0.3, 0.4) is 0 Å². The van der Waals surface area contributed by atoms with E-state index in [1.807, 2.05) is 0 Å². The van der Waals surface area contributed by atoms with Crippen molar-refractivity contribution in [1.29, 1.82) is 0 Å². The zero-order valence-electron chi connectivity index (χ0n) is 22.4. The molecule has 3 aliphatic carbocycles. The number of aliphatic hydroxyl groups excluding tert-OH is 1. The Kier molecular flexibility index (Phi) is 7.49. The van der Waals surface area contributed by atoms with Gasteiger partial charge in [-0.25, -0.2) is 0 Å². The van der Waals surface area contributed by atoms with Gasteiger partial charge in [-0.15, -0.1) is 0 Å². The Balaban J connectivity index is 1.69. The van der Waals surface area contributed by atoms with Crippen molar-refractivity contribution in [2.24, 2.45) is 34.0 Å². The van der Waals surface area contributed by atoms with Crippen LogP contribution in [0.4, 0.5) is 0 Å². The first-order valence-corrected chi connectivity index (χ1v) is 13.4. The first-order chi connectivity index (χ1) is 14.7. The van der Waals surface area contributed by atoms with E-state index >= 15 is 0 Å². The van der Waals surface area contributed by atoms with Crippen molar-refractivity contribution in [2.45, 2.75) is 131 Å². The number of hydrogen-bond donors (Lipinski definition) is 2. The molecular weight excluding hydrogens is 392 g/mol. The number of aliphatic hydroxyl groups is 2. The molecule has 2 nitrogen and oxygen atoms in total. The van der Waals surface area contributed by atoms with Crippen molar-refractivity contribution in [1.82, 2.24) is 0 Å². The predicted molar refractivity (Wildman–Crippen MR) is 136 cm³/mol. The van der Waals surface area contributed by atoms with Crippen LogP contribution in [0.15, 0.2) is 23.3 Å². The lowest BCUT2D eigenvalue weighted by molar-refractivity contribution is -0.180. The van der Waals surface area contributed by atoms with Gasteiger partial charge in [0, 0.05) is 0 Å². The molecule has 0 bridgehead atoms. The molecule has 0 spiro atoms. The van der Waals surface area contributed by atoms with Crippen LogP contribution in [0.5, 0.6) is 0 Å². The van der Waals surface area contributed by atoms with E-state index in [1.54, 1.807) is 0 Å². The minimum Gasteiger partial charge on any atom is -0.393 e. The molecule has 0 aromatic rings. The zero-order chi connectivity index (χ0) is 23.9. The van der Waals surface area contributed by atoms with Crippen molar-refractivity contribution in [2.75, 3.05) is 0 Å². The highest BCUT2D eigenvalue weighted by Crippen LogP contribution is 2.71. The Hall–Kier alpha value is -0.600. The number of rotatable bonds is 7. The summed E-state index contributed by atoms with van der Waals surface area (Å²) >= 11 is 0. The summed E-state index contributed by atoms with van der Waals surface area (Å²) in [7, 11) is 0. The average Bonchev–Trinajstić information content (AvgIpc) is 3.04. The summed E-state index contributed by atoms with van der Waals surface area (Å²) in [4.78, 5) is 0. The van der Waals surface area contributed by atoms with E-state index in [1.165, 1.54) is 30.4 Å². The molecule has 184 valence electrons. The second-order valence-electron chi connectivity index (χ2n) is 13.4. The summed E-state index contributed by atoms with van der Waals surface area (Å²) < 4.78 is 0. The minimum absolute atomic E-state index is 0.00274. The van der Waals surface area contributed by atoms with Gasteiger partial charge >= 0.3 is 0 Å². The molecule has 7 atom stereocenters. The fourth-order valence-corrected chi connectivity index (χ4v) is 8.81. The van der Waals surface area contributed by atoms with E-state index in [-0.39, 0.29) is 16.9 Å². The van der Waals surface area contributed by atoms with E-state index in [2.05, 4.69) is 67.5 Å². The molecule has 3 fully saturated rings.